The lowest BCUT2D eigenvalue weighted by atomic mass is 9.87. The monoisotopic (exact) mass is 365 g/mol. The molecule has 0 spiro atoms. The first-order valence-electron chi connectivity index (χ1n) is 10.0. The molecule has 5 heterocycles. The minimum Gasteiger partial charge on any atom is -0.384 e. The SMILES string of the molecule is COCC1CCN(N2CCC(c3cc[nH]c4cnc5nccc5c34)CC2)C1. The number of H-pyrrole nitrogens is 1. The van der Waals surface area contributed by atoms with Crippen LogP contribution in [0.5, 0.6) is 0 Å². The van der Waals surface area contributed by atoms with Crippen LogP contribution in [-0.2, 0) is 4.74 Å². The molecule has 0 aromatic carbocycles. The number of pyridine rings is 2. The molecule has 5 rings (SSSR count). The Balaban J connectivity index is 1.35. The van der Waals surface area contributed by atoms with E-state index in [-0.39, 0.29) is 0 Å². The van der Waals surface area contributed by atoms with E-state index >= 15 is 0 Å². The highest BCUT2D eigenvalue weighted by Crippen LogP contribution is 2.36. The number of ether oxygens (including phenoxy) is 1. The molecule has 3 aromatic rings. The molecule has 0 aliphatic carbocycles. The second-order valence-electron chi connectivity index (χ2n) is 7.91. The van der Waals surface area contributed by atoms with Crippen LogP contribution in [0.2, 0.25) is 0 Å². The topological polar surface area (TPSA) is 57.3 Å². The number of fused-ring (bicyclic) bond motifs is 3. The largest absolute Gasteiger partial charge is 0.384 e. The summed E-state index contributed by atoms with van der Waals surface area (Å²) in [6.45, 7) is 5.48. The van der Waals surface area contributed by atoms with Crippen LogP contribution in [0.25, 0.3) is 21.9 Å². The molecule has 1 atom stereocenters. The maximum absolute atomic E-state index is 5.35. The molecule has 6 heteroatoms. The maximum atomic E-state index is 5.35. The first-order chi connectivity index (χ1) is 13.3. The molecular weight excluding hydrogens is 338 g/mol. The van der Waals surface area contributed by atoms with Crippen LogP contribution in [-0.4, -0.2) is 64.9 Å². The van der Waals surface area contributed by atoms with E-state index in [9.17, 15) is 0 Å². The normalized spacial score (nSPS) is 22.9. The Morgan fingerprint density at radius 1 is 1.11 bits per heavy atom. The van der Waals surface area contributed by atoms with Gasteiger partial charge in [-0.2, -0.15) is 0 Å². The Bertz CT molecular complexity index is 931. The highest BCUT2D eigenvalue weighted by Gasteiger charge is 2.30. The molecule has 1 N–H and O–H groups in total. The summed E-state index contributed by atoms with van der Waals surface area (Å²) in [5.41, 5.74) is 3.40. The maximum Gasteiger partial charge on any atom is 0.159 e. The summed E-state index contributed by atoms with van der Waals surface area (Å²) in [6, 6.07) is 4.36. The van der Waals surface area contributed by atoms with Crippen molar-refractivity contribution in [2.45, 2.75) is 25.2 Å². The third-order valence-electron chi connectivity index (χ3n) is 6.30. The lowest BCUT2D eigenvalue weighted by Crippen LogP contribution is -2.45. The van der Waals surface area contributed by atoms with Crippen molar-refractivity contribution in [3.05, 3.63) is 36.3 Å². The number of methoxy groups -OCH3 is 1. The van der Waals surface area contributed by atoms with Gasteiger partial charge in [0.1, 0.15) is 0 Å². The molecule has 2 fully saturated rings. The molecule has 1 unspecified atom stereocenters. The van der Waals surface area contributed by atoms with Gasteiger partial charge in [0.2, 0.25) is 0 Å². The number of hydrogen-bond acceptors (Lipinski definition) is 5. The van der Waals surface area contributed by atoms with Crippen LogP contribution in [0.3, 0.4) is 0 Å². The van der Waals surface area contributed by atoms with Gasteiger partial charge in [-0.05, 0) is 48.8 Å². The Morgan fingerprint density at radius 2 is 1.96 bits per heavy atom. The first kappa shape index (κ1) is 17.1. The van der Waals surface area contributed by atoms with Gasteiger partial charge < -0.3 is 9.72 Å². The molecule has 0 bridgehead atoms. The van der Waals surface area contributed by atoms with Gasteiger partial charge in [-0.15, -0.1) is 0 Å². The van der Waals surface area contributed by atoms with Crippen molar-refractivity contribution < 1.29 is 4.74 Å². The van der Waals surface area contributed by atoms with Crippen LogP contribution in [0.4, 0.5) is 0 Å². The van der Waals surface area contributed by atoms with Gasteiger partial charge >= 0.3 is 0 Å². The quantitative estimate of drug-likeness (QED) is 0.770. The molecule has 0 amide bonds. The van der Waals surface area contributed by atoms with Crippen molar-refractivity contribution in [1.29, 1.82) is 0 Å². The van der Waals surface area contributed by atoms with E-state index in [0.717, 1.165) is 37.4 Å². The predicted octanol–water partition coefficient (Wildman–Crippen LogP) is 3.17. The van der Waals surface area contributed by atoms with E-state index in [4.69, 9.17) is 4.74 Å². The van der Waals surface area contributed by atoms with Crippen LogP contribution in [0, 0.1) is 5.92 Å². The van der Waals surface area contributed by atoms with E-state index in [2.05, 4.69) is 43.3 Å². The Kier molecular flexibility index (Phi) is 4.55. The van der Waals surface area contributed by atoms with Crippen molar-refractivity contribution >= 4 is 21.9 Å². The fourth-order valence-electron chi connectivity index (χ4n) is 4.93. The minimum atomic E-state index is 0.594. The van der Waals surface area contributed by atoms with Crippen LogP contribution in [0.15, 0.2) is 30.7 Å². The van der Waals surface area contributed by atoms with E-state index in [1.165, 1.54) is 42.1 Å². The zero-order chi connectivity index (χ0) is 18.2. The summed E-state index contributed by atoms with van der Waals surface area (Å²) in [5.74, 6) is 1.28. The summed E-state index contributed by atoms with van der Waals surface area (Å²) in [7, 11) is 1.81. The van der Waals surface area contributed by atoms with Gasteiger partial charge in [0.15, 0.2) is 5.65 Å². The number of aromatic nitrogens is 3. The van der Waals surface area contributed by atoms with E-state index in [1.807, 2.05) is 19.5 Å². The number of hydrogen-bond donors (Lipinski definition) is 1. The number of hydrazine groups is 1. The first-order valence-corrected chi connectivity index (χ1v) is 10.0. The van der Waals surface area contributed by atoms with Gasteiger partial charge in [0, 0.05) is 56.5 Å². The van der Waals surface area contributed by atoms with Crippen molar-refractivity contribution in [1.82, 2.24) is 25.0 Å². The number of nitrogens with zero attached hydrogens (tertiary/aromatic N) is 4. The third kappa shape index (κ3) is 3.12. The van der Waals surface area contributed by atoms with E-state index in [1.54, 1.807) is 0 Å². The molecule has 0 saturated carbocycles. The summed E-state index contributed by atoms with van der Waals surface area (Å²) in [5, 5.41) is 7.61. The number of nitrogens with one attached hydrogen (secondary N) is 1. The number of aromatic amines is 1. The van der Waals surface area contributed by atoms with Crippen LogP contribution >= 0.6 is 0 Å². The zero-order valence-electron chi connectivity index (χ0n) is 15.9. The smallest absolute Gasteiger partial charge is 0.159 e. The third-order valence-corrected chi connectivity index (χ3v) is 6.30. The number of piperidine rings is 1. The highest BCUT2D eigenvalue weighted by atomic mass is 16.5. The van der Waals surface area contributed by atoms with Gasteiger partial charge in [0.05, 0.1) is 18.3 Å². The second kappa shape index (κ2) is 7.19. The molecule has 6 nitrogen and oxygen atoms in total. The van der Waals surface area contributed by atoms with E-state index in [0.29, 0.717) is 11.8 Å². The Labute approximate surface area is 159 Å². The molecule has 2 aliphatic rings. The molecule has 3 aromatic heterocycles. The van der Waals surface area contributed by atoms with Crippen LogP contribution in [0.1, 0.15) is 30.7 Å². The standard InChI is InChI=1S/C21H27N5O/c1-27-14-15-4-9-26(13-15)25-10-5-16(6-11-25)17-2-7-22-19-12-24-21-18(20(17)19)3-8-23-21/h2-3,7-8,12,15-16,22H,4-6,9-11,13-14H2,1H3. The fourth-order valence-corrected chi connectivity index (χ4v) is 4.93. The molecule has 2 saturated heterocycles. The predicted molar refractivity (Wildman–Crippen MR) is 106 cm³/mol. The van der Waals surface area contributed by atoms with Crippen molar-refractivity contribution in [3.63, 3.8) is 0 Å². The molecule has 142 valence electrons. The second-order valence-corrected chi connectivity index (χ2v) is 7.91. The minimum absolute atomic E-state index is 0.594. The zero-order valence-corrected chi connectivity index (χ0v) is 15.9. The van der Waals surface area contributed by atoms with Crippen molar-refractivity contribution in [2.24, 2.45) is 5.92 Å². The average Bonchev–Trinajstić information content (AvgIpc) is 3.37. The molecule has 27 heavy (non-hydrogen) atoms. The summed E-state index contributed by atoms with van der Waals surface area (Å²) < 4.78 is 5.35. The summed E-state index contributed by atoms with van der Waals surface area (Å²) in [4.78, 5) is 12.2. The Hall–Kier alpha value is -2.02. The van der Waals surface area contributed by atoms with Gasteiger partial charge in [-0.3, -0.25) is 0 Å². The van der Waals surface area contributed by atoms with E-state index < -0.39 is 0 Å². The van der Waals surface area contributed by atoms with Crippen molar-refractivity contribution in [3.8, 4) is 0 Å². The lowest BCUT2D eigenvalue weighted by molar-refractivity contribution is -0.0284. The lowest BCUT2D eigenvalue weighted by Gasteiger charge is -2.38. The van der Waals surface area contributed by atoms with Crippen molar-refractivity contribution in [2.75, 3.05) is 39.9 Å². The Morgan fingerprint density at radius 3 is 2.81 bits per heavy atom. The van der Waals surface area contributed by atoms with Gasteiger partial charge in [-0.1, -0.05) is 0 Å². The molecular formula is C21H27N5O. The highest BCUT2D eigenvalue weighted by molar-refractivity contribution is 6.05. The van der Waals surface area contributed by atoms with Crippen LogP contribution < -0.4 is 0 Å². The fraction of sp³-hybridized carbons (Fsp3) is 0.524. The summed E-state index contributed by atoms with van der Waals surface area (Å²) >= 11 is 0. The van der Waals surface area contributed by atoms with Gasteiger partial charge in [-0.25, -0.2) is 20.0 Å². The summed E-state index contributed by atoms with van der Waals surface area (Å²) in [6.07, 6.45) is 9.49. The molecule has 0 radical (unpaired) electrons. The number of rotatable bonds is 4. The average molecular weight is 365 g/mol. The van der Waals surface area contributed by atoms with Gasteiger partial charge in [0.25, 0.3) is 0 Å². The molecule has 2 aliphatic heterocycles.